The van der Waals surface area contributed by atoms with E-state index in [1.165, 1.54) is 48.6 Å². The maximum absolute atomic E-state index is 6.43. The molecule has 0 N–H and O–H groups in total. The Labute approximate surface area is 271 Å². The number of anilines is 3. The van der Waals surface area contributed by atoms with Gasteiger partial charge >= 0.3 is 0 Å². The predicted molar refractivity (Wildman–Crippen MR) is 190 cm³/mol. The van der Waals surface area contributed by atoms with Crippen LogP contribution >= 0.6 is 11.8 Å². The molecule has 0 bridgehead atoms. The number of para-hydroxylation sites is 3. The molecule has 0 saturated heterocycles. The van der Waals surface area contributed by atoms with Gasteiger partial charge in [-0.05, 0) is 88.0 Å². The Morgan fingerprint density at radius 1 is 0.457 bits per heavy atom. The zero-order chi connectivity index (χ0) is 30.2. The molecule has 1 atom stereocenters. The van der Waals surface area contributed by atoms with Crippen molar-refractivity contribution >= 4 is 50.8 Å². The largest absolute Gasteiger partial charge is 0.456 e. The first-order valence-electron chi connectivity index (χ1n) is 15.7. The van der Waals surface area contributed by atoms with Crippen molar-refractivity contribution in [1.82, 2.24) is 0 Å². The molecule has 0 fully saturated rings. The molecule has 10 rings (SSSR count). The topological polar surface area (TPSA) is 16.4 Å². The summed E-state index contributed by atoms with van der Waals surface area (Å²) in [5, 5.41) is 2.36. The third-order valence-electron chi connectivity index (χ3n) is 9.72. The number of furan rings is 1. The van der Waals surface area contributed by atoms with Gasteiger partial charge in [-0.1, -0.05) is 121 Å². The number of fused-ring (bicyclic) bond motifs is 13. The lowest BCUT2D eigenvalue weighted by molar-refractivity contribution is 0.666. The lowest BCUT2D eigenvalue weighted by atomic mass is 9.67. The molecule has 1 aliphatic heterocycles. The van der Waals surface area contributed by atoms with Gasteiger partial charge in [0, 0.05) is 37.6 Å². The molecule has 2 heterocycles. The Balaban J connectivity index is 1.33. The summed E-state index contributed by atoms with van der Waals surface area (Å²) >= 11 is 1.88. The van der Waals surface area contributed by atoms with Crippen molar-refractivity contribution in [3.8, 4) is 11.1 Å². The van der Waals surface area contributed by atoms with E-state index < -0.39 is 5.41 Å². The van der Waals surface area contributed by atoms with Crippen LogP contribution in [0.3, 0.4) is 0 Å². The fourth-order valence-corrected chi connectivity index (χ4v) is 9.24. The third-order valence-corrected chi connectivity index (χ3v) is 10.9. The van der Waals surface area contributed by atoms with Gasteiger partial charge in [0.05, 0.1) is 5.41 Å². The van der Waals surface area contributed by atoms with Gasteiger partial charge in [0.15, 0.2) is 0 Å². The number of nitrogens with zero attached hydrogens (tertiary/aromatic N) is 1. The Hall–Kier alpha value is -5.51. The molecule has 2 aliphatic rings. The van der Waals surface area contributed by atoms with Crippen LogP contribution in [0.25, 0.3) is 33.1 Å². The summed E-state index contributed by atoms with van der Waals surface area (Å²) in [5.74, 6) is 0. The summed E-state index contributed by atoms with van der Waals surface area (Å²) in [6.45, 7) is 0. The average Bonchev–Trinajstić information content (AvgIpc) is 3.64. The quantitative estimate of drug-likeness (QED) is 0.199. The average molecular weight is 606 g/mol. The van der Waals surface area contributed by atoms with E-state index in [2.05, 4.69) is 169 Å². The normalized spacial score (nSPS) is 15.8. The van der Waals surface area contributed by atoms with E-state index in [4.69, 9.17) is 4.42 Å². The third kappa shape index (κ3) is 3.44. The smallest absolute Gasteiger partial charge is 0.136 e. The molecule has 1 aliphatic carbocycles. The molecule has 1 aromatic heterocycles. The van der Waals surface area contributed by atoms with Crippen LogP contribution in [0.5, 0.6) is 0 Å². The second kappa shape index (κ2) is 9.74. The maximum Gasteiger partial charge on any atom is 0.136 e. The van der Waals surface area contributed by atoms with Gasteiger partial charge in [0.1, 0.15) is 11.2 Å². The monoisotopic (exact) mass is 605 g/mol. The number of benzene rings is 7. The first-order chi connectivity index (χ1) is 22.8. The summed E-state index contributed by atoms with van der Waals surface area (Å²) < 4.78 is 6.43. The standard InChI is InChI=1S/C43H27NOS/c1-3-13-28(14-4-1)44(29-15-5-2-6-16-29)30-23-24-32-31-17-7-9-19-34(31)43(37(32)27-30)35-20-10-12-22-40(35)46-42-36(43)25-26-39-41(42)33-18-8-11-21-38(33)45-39/h1-27H. The molecule has 216 valence electrons. The summed E-state index contributed by atoms with van der Waals surface area (Å²) in [7, 11) is 0. The number of hydrogen-bond acceptors (Lipinski definition) is 3. The van der Waals surface area contributed by atoms with Crippen LogP contribution in [0, 0.1) is 0 Å². The molecule has 0 amide bonds. The van der Waals surface area contributed by atoms with Crippen LogP contribution in [0.1, 0.15) is 22.3 Å². The van der Waals surface area contributed by atoms with Gasteiger partial charge < -0.3 is 9.32 Å². The lowest BCUT2D eigenvalue weighted by Crippen LogP contribution is -2.32. The molecule has 46 heavy (non-hydrogen) atoms. The first kappa shape index (κ1) is 25.8. The Morgan fingerprint density at radius 2 is 1.11 bits per heavy atom. The van der Waals surface area contributed by atoms with Gasteiger partial charge in [-0.15, -0.1) is 0 Å². The fraction of sp³-hybridized carbons (Fsp3) is 0.0233. The minimum atomic E-state index is -0.495. The molecule has 7 aromatic carbocycles. The molecule has 2 nitrogen and oxygen atoms in total. The van der Waals surface area contributed by atoms with Crippen LogP contribution < -0.4 is 4.90 Å². The highest BCUT2D eigenvalue weighted by Gasteiger charge is 2.51. The highest BCUT2D eigenvalue weighted by molar-refractivity contribution is 7.99. The van der Waals surface area contributed by atoms with Crippen molar-refractivity contribution in [1.29, 1.82) is 0 Å². The number of rotatable bonds is 3. The maximum atomic E-state index is 6.43. The van der Waals surface area contributed by atoms with Crippen molar-refractivity contribution in [2.75, 3.05) is 4.90 Å². The molecule has 1 spiro atoms. The van der Waals surface area contributed by atoms with Crippen molar-refractivity contribution in [2.24, 2.45) is 0 Å². The van der Waals surface area contributed by atoms with Crippen LogP contribution in [0.2, 0.25) is 0 Å². The first-order valence-corrected chi connectivity index (χ1v) is 16.5. The fourth-order valence-electron chi connectivity index (χ4n) is 7.90. The number of hydrogen-bond donors (Lipinski definition) is 0. The van der Waals surface area contributed by atoms with Crippen molar-refractivity contribution in [2.45, 2.75) is 15.2 Å². The zero-order valence-corrected chi connectivity index (χ0v) is 25.7. The van der Waals surface area contributed by atoms with Gasteiger partial charge in [-0.25, -0.2) is 0 Å². The predicted octanol–water partition coefficient (Wildman–Crippen LogP) is 11.9. The van der Waals surface area contributed by atoms with Crippen LogP contribution in [-0.2, 0) is 5.41 Å². The summed E-state index contributed by atoms with van der Waals surface area (Å²) in [6.07, 6.45) is 0. The SMILES string of the molecule is c1ccc(N(c2ccccc2)c2ccc3c(c2)C2(c4ccccc4Sc4c2ccc2oc5ccccc5c42)c2ccccc2-3)cc1. The van der Waals surface area contributed by atoms with Gasteiger partial charge in [0.25, 0.3) is 0 Å². The Bertz CT molecular complexity index is 2420. The van der Waals surface area contributed by atoms with E-state index in [9.17, 15) is 0 Å². The Kier molecular flexibility index (Phi) is 5.46. The van der Waals surface area contributed by atoms with E-state index in [0.29, 0.717) is 0 Å². The minimum Gasteiger partial charge on any atom is -0.456 e. The highest BCUT2D eigenvalue weighted by Crippen LogP contribution is 2.64. The molecule has 0 radical (unpaired) electrons. The van der Waals surface area contributed by atoms with Crippen LogP contribution in [0.15, 0.2) is 178 Å². The van der Waals surface area contributed by atoms with E-state index in [1.54, 1.807) is 0 Å². The second-order valence-corrected chi connectivity index (χ2v) is 13.1. The Morgan fingerprint density at radius 3 is 1.91 bits per heavy atom. The van der Waals surface area contributed by atoms with E-state index in [-0.39, 0.29) is 0 Å². The van der Waals surface area contributed by atoms with Gasteiger partial charge in [0.2, 0.25) is 0 Å². The van der Waals surface area contributed by atoms with Crippen LogP contribution in [0.4, 0.5) is 17.1 Å². The minimum absolute atomic E-state index is 0.495. The van der Waals surface area contributed by atoms with E-state index in [0.717, 1.165) is 33.6 Å². The molecule has 1 unspecified atom stereocenters. The van der Waals surface area contributed by atoms with Gasteiger partial charge in [-0.3, -0.25) is 0 Å². The molecular weight excluding hydrogens is 579 g/mol. The van der Waals surface area contributed by atoms with Crippen molar-refractivity contribution < 1.29 is 4.42 Å². The van der Waals surface area contributed by atoms with E-state index >= 15 is 0 Å². The van der Waals surface area contributed by atoms with Crippen molar-refractivity contribution in [3.05, 3.63) is 186 Å². The van der Waals surface area contributed by atoms with E-state index in [1.807, 2.05) is 11.8 Å². The molecular formula is C43H27NOS. The van der Waals surface area contributed by atoms with Crippen molar-refractivity contribution in [3.63, 3.8) is 0 Å². The highest BCUT2D eigenvalue weighted by atomic mass is 32.2. The van der Waals surface area contributed by atoms with Crippen LogP contribution in [-0.4, -0.2) is 0 Å². The lowest BCUT2D eigenvalue weighted by Gasteiger charge is -2.40. The molecule has 3 heteroatoms. The zero-order valence-electron chi connectivity index (χ0n) is 24.9. The summed E-state index contributed by atoms with van der Waals surface area (Å²) in [4.78, 5) is 4.93. The molecule has 8 aromatic rings. The second-order valence-electron chi connectivity index (χ2n) is 12.0. The van der Waals surface area contributed by atoms with Gasteiger partial charge in [-0.2, -0.15) is 0 Å². The summed E-state index contributed by atoms with van der Waals surface area (Å²) in [6, 6.07) is 59.4. The molecule has 0 saturated carbocycles. The summed E-state index contributed by atoms with van der Waals surface area (Å²) in [5.41, 5.74) is 12.6.